The molecule has 4 nitrogen and oxygen atoms in total. The van der Waals surface area contributed by atoms with E-state index >= 15 is 0 Å². The molecule has 3 N–H and O–H groups in total. The van der Waals surface area contributed by atoms with Crippen LogP contribution in [0.15, 0.2) is 36.4 Å². The average Bonchev–Trinajstić information content (AvgIpc) is 2.76. The molecule has 20 heavy (non-hydrogen) atoms. The van der Waals surface area contributed by atoms with Gasteiger partial charge in [0.25, 0.3) is 0 Å². The quantitative estimate of drug-likeness (QED) is 0.823. The van der Waals surface area contributed by atoms with E-state index < -0.39 is 0 Å². The summed E-state index contributed by atoms with van der Waals surface area (Å²) in [7, 11) is 1.98. The molecule has 0 bridgehead atoms. The Bertz CT molecular complexity index is 694. The summed E-state index contributed by atoms with van der Waals surface area (Å²) in [6.07, 6.45) is 0.411. The SMILES string of the molecule is Cc1ccccc1N(C)c1cc2c(cc1N)CC(=O)N2. The van der Waals surface area contributed by atoms with Crippen molar-refractivity contribution in [2.75, 3.05) is 23.0 Å². The number of nitrogens with zero attached hydrogens (tertiary/aromatic N) is 1. The average molecular weight is 267 g/mol. The van der Waals surface area contributed by atoms with Gasteiger partial charge in [-0.2, -0.15) is 0 Å². The fourth-order valence-corrected chi connectivity index (χ4v) is 2.64. The number of hydrogen-bond donors (Lipinski definition) is 2. The van der Waals surface area contributed by atoms with Crippen LogP contribution in [-0.2, 0) is 11.2 Å². The van der Waals surface area contributed by atoms with E-state index in [9.17, 15) is 4.79 Å². The molecule has 2 aromatic rings. The second-order valence-electron chi connectivity index (χ2n) is 5.14. The Hall–Kier alpha value is -2.49. The highest BCUT2D eigenvalue weighted by atomic mass is 16.1. The minimum absolute atomic E-state index is 0.0232. The van der Waals surface area contributed by atoms with Crippen molar-refractivity contribution in [1.82, 2.24) is 0 Å². The van der Waals surface area contributed by atoms with E-state index in [2.05, 4.69) is 29.3 Å². The molecule has 1 aliphatic heterocycles. The van der Waals surface area contributed by atoms with Crippen LogP contribution in [0, 0.1) is 6.92 Å². The van der Waals surface area contributed by atoms with Crippen molar-refractivity contribution in [1.29, 1.82) is 0 Å². The van der Waals surface area contributed by atoms with Gasteiger partial charge in [-0.15, -0.1) is 0 Å². The lowest BCUT2D eigenvalue weighted by atomic mass is 10.1. The highest BCUT2D eigenvalue weighted by Crippen LogP contribution is 2.36. The van der Waals surface area contributed by atoms with Gasteiger partial charge >= 0.3 is 0 Å². The number of carbonyl (C=O) groups is 1. The molecule has 0 fully saturated rings. The summed E-state index contributed by atoms with van der Waals surface area (Å²) >= 11 is 0. The number of nitrogens with two attached hydrogens (primary N) is 1. The van der Waals surface area contributed by atoms with Crippen LogP contribution in [0.25, 0.3) is 0 Å². The zero-order chi connectivity index (χ0) is 14.3. The van der Waals surface area contributed by atoms with Crippen LogP contribution < -0.4 is 16.0 Å². The third-order valence-electron chi connectivity index (χ3n) is 3.72. The summed E-state index contributed by atoms with van der Waals surface area (Å²) < 4.78 is 0. The summed E-state index contributed by atoms with van der Waals surface area (Å²) in [4.78, 5) is 13.5. The van der Waals surface area contributed by atoms with Crippen LogP contribution >= 0.6 is 0 Å². The molecule has 1 heterocycles. The Morgan fingerprint density at radius 3 is 2.70 bits per heavy atom. The van der Waals surface area contributed by atoms with Gasteiger partial charge in [0, 0.05) is 18.4 Å². The van der Waals surface area contributed by atoms with Gasteiger partial charge in [-0.25, -0.2) is 0 Å². The highest BCUT2D eigenvalue weighted by molar-refractivity contribution is 6.01. The first kappa shape index (κ1) is 12.5. The molecular weight excluding hydrogens is 250 g/mol. The predicted octanol–water partition coefficient (Wildman–Crippen LogP) is 2.84. The molecule has 1 aliphatic rings. The number of fused-ring (bicyclic) bond motifs is 1. The Morgan fingerprint density at radius 1 is 1.20 bits per heavy atom. The van der Waals surface area contributed by atoms with Gasteiger partial charge in [0.05, 0.1) is 17.8 Å². The van der Waals surface area contributed by atoms with Crippen molar-refractivity contribution in [2.24, 2.45) is 0 Å². The number of carbonyl (C=O) groups excluding carboxylic acids is 1. The lowest BCUT2D eigenvalue weighted by molar-refractivity contribution is -0.115. The minimum Gasteiger partial charge on any atom is -0.397 e. The second-order valence-corrected chi connectivity index (χ2v) is 5.14. The van der Waals surface area contributed by atoms with E-state index in [-0.39, 0.29) is 5.91 Å². The minimum atomic E-state index is 0.0232. The molecule has 4 heteroatoms. The Morgan fingerprint density at radius 2 is 1.95 bits per heavy atom. The molecule has 1 amide bonds. The summed E-state index contributed by atoms with van der Waals surface area (Å²) in [6.45, 7) is 2.07. The highest BCUT2D eigenvalue weighted by Gasteiger charge is 2.21. The van der Waals surface area contributed by atoms with E-state index in [4.69, 9.17) is 5.73 Å². The van der Waals surface area contributed by atoms with Crippen LogP contribution in [0.3, 0.4) is 0 Å². The number of anilines is 4. The van der Waals surface area contributed by atoms with Gasteiger partial charge in [0.1, 0.15) is 0 Å². The predicted molar refractivity (Wildman–Crippen MR) is 82.4 cm³/mol. The maximum absolute atomic E-state index is 11.5. The van der Waals surface area contributed by atoms with Crippen molar-refractivity contribution in [2.45, 2.75) is 13.3 Å². The van der Waals surface area contributed by atoms with E-state index in [0.29, 0.717) is 12.1 Å². The summed E-state index contributed by atoms with van der Waals surface area (Å²) in [6, 6.07) is 12.0. The van der Waals surface area contributed by atoms with Crippen molar-refractivity contribution in [3.8, 4) is 0 Å². The maximum atomic E-state index is 11.5. The Balaban J connectivity index is 2.05. The first-order valence-electron chi connectivity index (χ1n) is 6.58. The molecule has 2 aromatic carbocycles. The van der Waals surface area contributed by atoms with Gasteiger partial charge in [0.2, 0.25) is 5.91 Å². The van der Waals surface area contributed by atoms with E-state index in [1.807, 2.05) is 31.3 Å². The van der Waals surface area contributed by atoms with Crippen molar-refractivity contribution < 1.29 is 4.79 Å². The summed E-state index contributed by atoms with van der Waals surface area (Å²) in [5, 5.41) is 2.86. The van der Waals surface area contributed by atoms with Gasteiger partial charge in [0.15, 0.2) is 0 Å². The van der Waals surface area contributed by atoms with E-state index in [0.717, 1.165) is 22.6 Å². The van der Waals surface area contributed by atoms with E-state index in [1.54, 1.807) is 0 Å². The largest absolute Gasteiger partial charge is 0.397 e. The molecular formula is C16H17N3O. The molecule has 0 saturated heterocycles. The monoisotopic (exact) mass is 267 g/mol. The Kier molecular flexibility index (Phi) is 2.86. The first-order valence-corrected chi connectivity index (χ1v) is 6.58. The molecule has 0 aromatic heterocycles. The number of hydrogen-bond acceptors (Lipinski definition) is 3. The topological polar surface area (TPSA) is 58.4 Å². The molecule has 0 atom stereocenters. The fraction of sp³-hybridized carbons (Fsp3) is 0.188. The molecule has 3 rings (SSSR count). The number of amides is 1. The van der Waals surface area contributed by atoms with Gasteiger partial charge in [-0.05, 0) is 36.2 Å². The Labute approximate surface area is 118 Å². The fourth-order valence-electron chi connectivity index (χ4n) is 2.64. The summed E-state index contributed by atoms with van der Waals surface area (Å²) in [5.74, 6) is 0.0232. The first-order chi connectivity index (χ1) is 9.56. The standard InChI is InChI=1S/C16H17N3O/c1-10-5-3-4-6-14(10)19(2)15-9-13-11(7-12(15)17)8-16(20)18-13/h3-7,9H,8,17H2,1-2H3,(H,18,20). The zero-order valence-corrected chi connectivity index (χ0v) is 11.6. The van der Waals surface area contributed by atoms with Crippen LogP contribution in [0.4, 0.5) is 22.7 Å². The van der Waals surface area contributed by atoms with Crippen molar-refractivity contribution in [3.63, 3.8) is 0 Å². The molecule has 0 saturated carbocycles. The molecule has 0 aliphatic carbocycles. The third kappa shape index (κ3) is 1.99. The van der Waals surface area contributed by atoms with Crippen molar-refractivity contribution >= 4 is 28.7 Å². The molecule has 0 unspecified atom stereocenters. The zero-order valence-electron chi connectivity index (χ0n) is 11.6. The number of nitrogens with one attached hydrogen (secondary N) is 1. The van der Waals surface area contributed by atoms with Crippen LogP contribution in [0.1, 0.15) is 11.1 Å². The lowest BCUT2D eigenvalue weighted by Gasteiger charge is -2.23. The maximum Gasteiger partial charge on any atom is 0.228 e. The smallest absolute Gasteiger partial charge is 0.228 e. The molecule has 0 spiro atoms. The normalized spacial score (nSPS) is 13.0. The third-order valence-corrected chi connectivity index (χ3v) is 3.72. The summed E-state index contributed by atoms with van der Waals surface area (Å²) in [5.41, 5.74) is 11.8. The number of rotatable bonds is 2. The van der Waals surface area contributed by atoms with Crippen LogP contribution in [0.5, 0.6) is 0 Å². The van der Waals surface area contributed by atoms with Gasteiger partial charge < -0.3 is 16.0 Å². The van der Waals surface area contributed by atoms with Crippen LogP contribution in [0.2, 0.25) is 0 Å². The molecule has 102 valence electrons. The second kappa shape index (κ2) is 4.56. The number of benzene rings is 2. The van der Waals surface area contributed by atoms with Gasteiger partial charge in [-0.3, -0.25) is 4.79 Å². The molecule has 0 radical (unpaired) electrons. The van der Waals surface area contributed by atoms with Gasteiger partial charge in [-0.1, -0.05) is 18.2 Å². The number of para-hydroxylation sites is 1. The lowest BCUT2D eigenvalue weighted by Crippen LogP contribution is -2.13. The van der Waals surface area contributed by atoms with Crippen LogP contribution in [-0.4, -0.2) is 13.0 Å². The van der Waals surface area contributed by atoms with E-state index in [1.165, 1.54) is 5.56 Å². The number of aryl methyl sites for hydroxylation is 1. The number of nitrogen functional groups attached to an aromatic ring is 1. The van der Waals surface area contributed by atoms with Crippen molar-refractivity contribution in [3.05, 3.63) is 47.5 Å².